The number of hydrogen-bond acceptors (Lipinski definition) is 8. The number of hydrogen-bond donors (Lipinski definition) is 4. The van der Waals surface area contributed by atoms with Gasteiger partial charge >= 0.3 is 19.8 Å². The van der Waals surface area contributed by atoms with Crippen molar-refractivity contribution in [3.05, 3.63) is 48.6 Å². The zero-order valence-corrected chi connectivity index (χ0v) is 26.2. The first-order valence-corrected chi connectivity index (χ1v) is 16.6. The Hall–Kier alpha value is -2.07. The lowest BCUT2D eigenvalue weighted by Gasteiger charge is -2.19. The van der Waals surface area contributed by atoms with E-state index in [2.05, 4.69) is 48.8 Å². The zero-order valence-electron chi connectivity index (χ0n) is 25.4. The largest absolute Gasteiger partial charge is 0.469 e. The van der Waals surface area contributed by atoms with Crippen molar-refractivity contribution in [3.8, 4) is 0 Å². The Morgan fingerprint density at radius 3 is 1.88 bits per heavy atom. The van der Waals surface area contributed by atoms with E-state index in [4.69, 9.17) is 19.3 Å². The van der Waals surface area contributed by atoms with Gasteiger partial charge in [-0.05, 0) is 51.4 Å². The molecule has 0 aromatic rings. The summed E-state index contributed by atoms with van der Waals surface area (Å²) in [6.45, 7) is 3.15. The average molecular weight is 617 g/mol. The number of esters is 2. The molecule has 0 amide bonds. The van der Waals surface area contributed by atoms with E-state index in [0.717, 1.165) is 51.4 Å². The highest BCUT2D eigenvalue weighted by atomic mass is 31.2. The van der Waals surface area contributed by atoms with Crippen LogP contribution in [0.2, 0.25) is 0 Å². The van der Waals surface area contributed by atoms with Crippen LogP contribution in [-0.2, 0) is 28.2 Å². The van der Waals surface area contributed by atoms with Gasteiger partial charge in [-0.25, -0.2) is 4.57 Å². The van der Waals surface area contributed by atoms with Gasteiger partial charge in [0, 0.05) is 12.8 Å². The number of phosphoric ester groups is 1. The monoisotopic (exact) mass is 616 g/mol. The lowest BCUT2D eigenvalue weighted by atomic mass is 10.0. The van der Waals surface area contributed by atoms with Crippen molar-refractivity contribution < 1.29 is 48.2 Å². The van der Waals surface area contributed by atoms with Crippen molar-refractivity contribution >= 4 is 19.8 Å². The van der Waals surface area contributed by atoms with Crippen molar-refractivity contribution in [2.75, 3.05) is 13.2 Å². The van der Waals surface area contributed by atoms with Gasteiger partial charge < -0.3 is 29.5 Å². The summed E-state index contributed by atoms with van der Waals surface area (Å²) in [5.74, 6) is -1.19. The van der Waals surface area contributed by atoms with E-state index < -0.39 is 51.3 Å². The molecule has 0 saturated carbocycles. The zero-order chi connectivity index (χ0) is 31.5. The highest BCUT2D eigenvalue weighted by Crippen LogP contribution is 2.35. The molecular weight excluding hydrogens is 563 g/mol. The van der Waals surface area contributed by atoms with Crippen LogP contribution in [-0.4, -0.2) is 63.5 Å². The number of aliphatic hydroxyl groups is 2. The molecule has 0 spiro atoms. The molecule has 0 unspecified atom stereocenters. The van der Waals surface area contributed by atoms with E-state index in [0.29, 0.717) is 6.42 Å². The summed E-state index contributed by atoms with van der Waals surface area (Å²) in [6.07, 6.45) is 22.3. The Kier molecular flexibility index (Phi) is 25.2. The first-order chi connectivity index (χ1) is 20.1. The van der Waals surface area contributed by atoms with Gasteiger partial charge in [-0.2, -0.15) is 0 Å². The molecule has 0 aromatic heterocycles. The van der Waals surface area contributed by atoms with Crippen LogP contribution < -0.4 is 0 Å². The Balaban J connectivity index is 4.29. The molecule has 0 aromatic carbocycles. The minimum Gasteiger partial charge on any atom is -0.462 e. The van der Waals surface area contributed by atoms with Crippen LogP contribution in [0.3, 0.4) is 0 Å². The number of carbonyl (C=O) groups excluding carboxylic acids is 2. The maximum absolute atomic E-state index is 12.1. The highest BCUT2D eigenvalue weighted by Gasteiger charge is 2.23. The number of phosphoric acid groups is 1. The van der Waals surface area contributed by atoms with Gasteiger partial charge in [-0.15, -0.1) is 0 Å². The molecule has 10 nitrogen and oxygen atoms in total. The minimum atomic E-state index is -4.80. The summed E-state index contributed by atoms with van der Waals surface area (Å²) in [4.78, 5) is 42.1. The highest BCUT2D eigenvalue weighted by molar-refractivity contribution is 7.46. The summed E-state index contributed by atoms with van der Waals surface area (Å²) < 4.78 is 25.8. The topological polar surface area (TPSA) is 160 Å². The van der Waals surface area contributed by atoms with Gasteiger partial charge in [0.15, 0.2) is 6.10 Å². The third-order valence-corrected chi connectivity index (χ3v) is 6.55. The fraction of sp³-hybridized carbons (Fsp3) is 0.677. The first kappa shape index (κ1) is 39.9. The maximum Gasteiger partial charge on any atom is 0.469 e. The fourth-order valence-electron chi connectivity index (χ4n) is 3.69. The predicted molar refractivity (Wildman–Crippen MR) is 163 cm³/mol. The molecule has 3 atom stereocenters. The molecule has 0 radical (unpaired) electrons. The molecule has 42 heavy (non-hydrogen) atoms. The summed E-state index contributed by atoms with van der Waals surface area (Å²) in [6, 6.07) is 0. The van der Waals surface area contributed by atoms with Crippen molar-refractivity contribution in [1.82, 2.24) is 0 Å². The SMILES string of the molecule is CC/C=C\C/C=C\C/C=C\C/C=C\C[C@H](O)[C@@H](O)CCCC(=O)OC[C@H](COP(=O)(O)O)OC(=O)CCCCCCC. The third-order valence-electron chi connectivity index (χ3n) is 6.06. The van der Waals surface area contributed by atoms with Crippen molar-refractivity contribution in [1.29, 1.82) is 0 Å². The molecule has 11 heteroatoms. The second kappa shape index (κ2) is 26.5. The maximum atomic E-state index is 12.1. The Morgan fingerprint density at radius 1 is 0.714 bits per heavy atom. The molecule has 0 bridgehead atoms. The van der Waals surface area contributed by atoms with Gasteiger partial charge in [0.1, 0.15) is 6.61 Å². The number of carbonyl (C=O) groups is 2. The second-order valence-corrected chi connectivity index (χ2v) is 11.2. The van der Waals surface area contributed by atoms with E-state index in [-0.39, 0.29) is 32.1 Å². The van der Waals surface area contributed by atoms with Crippen LogP contribution in [0, 0.1) is 0 Å². The lowest BCUT2D eigenvalue weighted by molar-refractivity contribution is -0.161. The number of allylic oxidation sites excluding steroid dienone is 7. The molecule has 0 aliphatic rings. The lowest BCUT2D eigenvalue weighted by Crippen LogP contribution is -2.29. The van der Waals surface area contributed by atoms with Gasteiger partial charge in [0.25, 0.3) is 0 Å². The van der Waals surface area contributed by atoms with Crippen molar-refractivity contribution in [2.24, 2.45) is 0 Å². The molecule has 0 fully saturated rings. The standard InChI is InChI=1S/C31H53O10P/c1-3-5-7-9-10-11-12-13-14-15-17-18-21-28(32)29(33)22-20-24-30(34)39-25-27(26-40-42(36,37)38)41-31(35)23-19-16-8-6-4-2/h5,7,10-11,13-14,17-18,27-29,32-33H,3-4,6,8-9,12,15-16,19-26H2,1-2H3,(H2,36,37,38)/b7-5-,11-10-,14-13-,18-17-/t27-,28+,29+/m1/s1. The summed E-state index contributed by atoms with van der Waals surface area (Å²) >= 11 is 0. The van der Waals surface area contributed by atoms with Gasteiger partial charge in [0.05, 0.1) is 18.8 Å². The Bertz CT molecular complexity index is 862. The number of rotatable bonds is 26. The number of unbranched alkanes of at least 4 members (excludes halogenated alkanes) is 4. The van der Waals surface area contributed by atoms with E-state index in [9.17, 15) is 24.4 Å². The molecule has 0 saturated heterocycles. The molecule has 0 rings (SSSR count). The normalized spacial score (nSPS) is 14.7. The van der Waals surface area contributed by atoms with E-state index >= 15 is 0 Å². The van der Waals surface area contributed by atoms with E-state index in [1.165, 1.54) is 0 Å². The quantitative estimate of drug-likeness (QED) is 0.0393. The van der Waals surface area contributed by atoms with Crippen molar-refractivity contribution in [2.45, 2.75) is 122 Å². The van der Waals surface area contributed by atoms with Crippen LogP contribution >= 0.6 is 7.82 Å². The number of aliphatic hydroxyl groups excluding tert-OH is 2. The fourth-order valence-corrected chi connectivity index (χ4v) is 4.05. The first-order valence-electron chi connectivity index (χ1n) is 15.1. The molecule has 0 aliphatic carbocycles. The Labute approximate surface area is 251 Å². The van der Waals surface area contributed by atoms with Gasteiger partial charge in [-0.3, -0.25) is 14.1 Å². The van der Waals surface area contributed by atoms with E-state index in [1.54, 1.807) is 0 Å². The predicted octanol–water partition coefficient (Wildman–Crippen LogP) is 6.00. The number of ether oxygens (including phenoxy) is 2. The van der Waals surface area contributed by atoms with Crippen LogP contribution in [0.5, 0.6) is 0 Å². The summed E-state index contributed by atoms with van der Waals surface area (Å²) in [5, 5.41) is 20.3. The summed E-state index contributed by atoms with van der Waals surface area (Å²) in [7, 11) is -4.80. The summed E-state index contributed by atoms with van der Waals surface area (Å²) in [5.41, 5.74) is 0. The molecule has 4 N–H and O–H groups in total. The second-order valence-electron chi connectivity index (χ2n) is 10.0. The van der Waals surface area contributed by atoms with Crippen LogP contribution in [0.25, 0.3) is 0 Å². The minimum absolute atomic E-state index is 0.0504. The molecule has 242 valence electrons. The van der Waals surface area contributed by atoms with E-state index in [1.807, 2.05) is 18.2 Å². The van der Waals surface area contributed by atoms with Gasteiger partial charge in [0.2, 0.25) is 0 Å². The smallest absolute Gasteiger partial charge is 0.462 e. The molecule has 0 aliphatic heterocycles. The molecular formula is C31H53O10P. The molecule has 0 heterocycles. The van der Waals surface area contributed by atoms with Crippen LogP contribution in [0.1, 0.15) is 104 Å². The van der Waals surface area contributed by atoms with Crippen LogP contribution in [0.15, 0.2) is 48.6 Å². The van der Waals surface area contributed by atoms with Gasteiger partial charge in [-0.1, -0.05) is 88.1 Å². The average Bonchev–Trinajstić information content (AvgIpc) is 2.94. The third kappa shape index (κ3) is 26.8. The van der Waals surface area contributed by atoms with Crippen molar-refractivity contribution in [3.63, 3.8) is 0 Å². The van der Waals surface area contributed by atoms with Crippen LogP contribution in [0.4, 0.5) is 0 Å². The Morgan fingerprint density at radius 2 is 1.29 bits per heavy atom.